The molecule has 1 aromatic carbocycles. The molecular formula is C18H24N4O4. The van der Waals surface area contributed by atoms with Crippen LogP contribution in [-0.2, 0) is 9.47 Å². The van der Waals surface area contributed by atoms with Crippen LogP contribution in [0.5, 0.6) is 11.5 Å². The fraction of sp³-hybridized carbons (Fsp3) is 0.444. The van der Waals surface area contributed by atoms with Gasteiger partial charge in [-0.3, -0.25) is 0 Å². The predicted molar refractivity (Wildman–Crippen MR) is 97.8 cm³/mol. The molecule has 1 aromatic heterocycles. The Labute approximate surface area is 152 Å². The summed E-state index contributed by atoms with van der Waals surface area (Å²) < 4.78 is 23.8. The van der Waals surface area contributed by atoms with E-state index in [-0.39, 0.29) is 6.29 Å². The zero-order chi connectivity index (χ0) is 18.4. The molecule has 0 atom stereocenters. The Morgan fingerprint density at radius 3 is 2.85 bits per heavy atom. The minimum Gasteiger partial charge on any atom is -0.493 e. The van der Waals surface area contributed by atoms with Crippen LogP contribution in [0.4, 0.5) is 5.95 Å². The maximum atomic E-state index is 5.86. The van der Waals surface area contributed by atoms with Gasteiger partial charge in [0.25, 0.3) is 0 Å². The molecule has 2 heterocycles. The lowest BCUT2D eigenvalue weighted by atomic mass is 10.2. The summed E-state index contributed by atoms with van der Waals surface area (Å²) in [5, 5.41) is 4.31. The van der Waals surface area contributed by atoms with Crippen molar-refractivity contribution >= 4 is 12.2 Å². The van der Waals surface area contributed by atoms with Gasteiger partial charge in [-0.2, -0.15) is 5.10 Å². The molecule has 0 unspecified atom stereocenters. The molecule has 8 heteroatoms. The van der Waals surface area contributed by atoms with Crippen molar-refractivity contribution in [3.8, 4) is 11.5 Å². The number of ether oxygens (including phenoxy) is 4. The van der Waals surface area contributed by atoms with Crippen LogP contribution in [0.15, 0.2) is 29.5 Å². The van der Waals surface area contributed by atoms with Crippen LogP contribution in [0.3, 0.4) is 0 Å². The number of aromatic nitrogens is 2. The monoisotopic (exact) mass is 360 g/mol. The fourth-order valence-electron chi connectivity index (χ4n) is 2.58. The second-order valence-electron chi connectivity index (χ2n) is 5.90. The van der Waals surface area contributed by atoms with Crippen LogP contribution >= 0.6 is 0 Å². The van der Waals surface area contributed by atoms with Crippen molar-refractivity contribution in [1.82, 2.24) is 9.66 Å². The number of aryl methyl sites for hydroxylation is 1. The first-order valence-corrected chi connectivity index (χ1v) is 8.55. The highest BCUT2D eigenvalue weighted by atomic mass is 16.7. The summed E-state index contributed by atoms with van der Waals surface area (Å²) in [6.45, 7) is 3.80. The minimum atomic E-state index is -0.202. The van der Waals surface area contributed by atoms with Gasteiger partial charge in [-0.25, -0.2) is 9.66 Å². The first-order chi connectivity index (χ1) is 12.7. The van der Waals surface area contributed by atoms with Gasteiger partial charge in [0.1, 0.15) is 0 Å². The van der Waals surface area contributed by atoms with E-state index in [0.717, 1.165) is 30.9 Å². The van der Waals surface area contributed by atoms with E-state index in [1.807, 2.05) is 25.1 Å². The van der Waals surface area contributed by atoms with Crippen molar-refractivity contribution in [2.24, 2.45) is 5.10 Å². The lowest BCUT2D eigenvalue weighted by Crippen LogP contribution is -2.26. The van der Waals surface area contributed by atoms with Crippen molar-refractivity contribution in [3.05, 3.63) is 35.7 Å². The Hall–Kier alpha value is -2.58. The Bertz CT molecular complexity index is 754. The Morgan fingerprint density at radius 1 is 1.35 bits per heavy atom. The molecule has 2 N–H and O–H groups in total. The van der Waals surface area contributed by atoms with Crippen molar-refractivity contribution in [1.29, 1.82) is 0 Å². The second kappa shape index (κ2) is 8.68. The van der Waals surface area contributed by atoms with E-state index in [4.69, 9.17) is 24.7 Å². The highest BCUT2D eigenvalue weighted by Gasteiger charge is 2.14. The third kappa shape index (κ3) is 4.74. The number of imidazole rings is 1. The van der Waals surface area contributed by atoms with E-state index in [1.54, 1.807) is 19.5 Å². The molecule has 3 rings (SSSR count). The quantitative estimate of drug-likeness (QED) is 0.761. The highest BCUT2D eigenvalue weighted by molar-refractivity contribution is 5.81. The SMILES string of the molecule is COc1ccc(C=Nn2cc(C)nc2N)cc1OCCC1OCCCO1. The van der Waals surface area contributed by atoms with Crippen molar-refractivity contribution in [3.63, 3.8) is 0 Å². The highest BCUT2D eigenvalue weighted by Crippen LogP contribution is 2.28. The molecule has 0 spiro atoms. The van der Waals surface area contributed by atoms with E-state index in [0.29, 0.717) is 30.5 Å². The van der Waals surface area contributed by atoms with Crippen molar-refractivity contribution < 1.29 is 18.9 Å². The molecule has 2 aromatic rings. The summed E-state index contributed by atoms with van der Waals surface area (Å²) in [5.74, 6) is 1.64. The van der Waals surface area contributed by atoms with Gasteiger partial charge >= 0.3 is 0 Å². The molecule has 1 fully saturated rings. The number of nitrogen functional groups attached to an aromatic ring is 1. The van der Waals surface area contributed by atoms with Gasteiger partial charge in [-0.1, -0.05) is 0 Å². The zero-order valence-corrected chi connectivity index (χ0v) is 15.1. The summed E-state index contributed by atoms with van der Waals surface area (Å²) >= 11 is 0. The van der Waals surface area contributed by atoms with Gasteiger partial charge in [-0.05, 0) is 37.1 Å². The fourth-order valence-corrected chi connectivity index (χ4v) is 2.58. The van der Waals surface area contributed by atoms with Crippen LogP contribution in [0, 0.1) is 6.92 Å². The average Bonchev–Trinajstić information content (AvgIpc) is 2.98. The molecule has 0 radical (unpaired) electrons. The van der Waals surface area contributed by atoms with E-state index in [1.165, 1.54) is 4.68 Å². The van der Waals surface area contributed by atoms with E-state index >= 15 is 0 Å². The number of benzene rings is 1. The normalized spacial score (nSPS) is 15.5. The van der Waals surface area contributed by atoms with Crippen LogP contribution in [0.25, 0.3) is 0 Å². The predicted octanol–water partition coefficient (Wildman–Crippen LogP) is 2.20. The molecule has 0 aliphatic carbocycles. The summed E-state index contributed by atoms with van der Waals surface area (Å²) in [5.41, 5.74) is 7.46. The Kier molecular flexibility index (Phi) is 6.08. The van der Waals surface area contributed by atoms with Gasteiger partial charge in [0.15, 0.2) is 17.8 Å². The molecule has 0 saturated carbocycles. The number of nitrogens with two attached hydrogens (primary N) is 1. The third-order valence-electron chi connectivity index (χ3n) is 3.86. The first-order valence-electron chi connectivity index (χ1n) is 8.55. The number of methoxy groups -OCH3 is 1. The second-order valence-corrected chi connectivity index (χ2v) is 5.90. The molecule has 140 valence electrons. The number of anilines is 1. The summed E-state index contributed by atoms with van der Waals surface area (Å²) in [7, 11) is 1.61. The van der Waals surface area contributed by atoms with Crippen molar-refractivity contribution in [2.45, 2.75) is 26.1 Å². The molecule has 8 nitrogen and oxygen atoms in total. The van der Waals surface area contributed by atoms with E-state index in [9.17, 15) is 0 Å². The smallest absolute Gasteiger partial charge is 0.221 e. The summed E-state index contributed by atoms with van der Waals surface area (Å²) in [4.78, 5) is 4.11. The van der Waals surface area contributed by atoms with E-state index < -0.39 is 0 Å². The minimum absolute atomic E-state index is 0.202. The van der Waals surface area contributed by atoms with Crippen LogP contribution < -0.4 is 15.2 Å². The number of rotatable bonds is 7. The van der Waals surface area contributed by atoms with Gasteiger partial charge < -0.3 is 24.7 Å². The topological polar surface area (TPSA) is 93.1 Å². The van der Waals surface area contributed by atoms with Crippen LogP contribution in [-0.4, -0.2) is 49.1 Å². The first kappa shape index (κ1) is 18.2. The molecule has 0 bridgehead atoms. The third-order valence-corrected chi connectivity index (χ3v) is 3.86. The van der Waals surface area contributed by atoms with Gasteiger partial charge in [0.2, 0.25) is 5.95 Å². The van der Waals surface area contributed by atoms with Gasteiger partial charge in [-0.15, -0.1) is 0 Å². The zero-order valence-electron chi connectivity index (χ0n) is 15.1. The molecule has 1 aliphatic rings. The number of nitrogens with zero attached hydrogens (tertiary/aromatic N) is 3. The average molecular weight is 360 g/mol. The largest absolute Gasteiger partial charge is 0.493 e. The number of hydrogen-bond acceptors (Lipinski definition) is 7. The molecule has 26 heavy (non-hydrogen) atoms. The Morgan fingerprint density at radius 2 is 2.15 bits per heavy atom. The maximum Gasteiger partial charge on any atom is 0.221 e. The van der Waals surface area contributed by atoms with Crippen LogP contribution in [0.1, 0.15) is 24.1 Å². The molecule has 1 aliphatic heterocycles. The maximum absolute atomic E-state index is 5.86. The number of hydrogen-bond donors (Lipinski definition) is 1. The van der Waals surface area contributed by atoms with Crippen LogP contribution in [0.2, 0.25) is 0 Å². The standard InChI is InChI=1S/C18H24N4O4/c1-13-12-22(18(19)21-13)20-11-14-4-5-15(23-2)16(10-14)24-9-6-17-25-7-3-8-26-17/h4-5,10-12,17H,3,6-9H2,1-2H3,(H2,19,21). The molecule has 0 amide bonds. The van der Waals surface area contributed by atoms with Gasteiger partial charge in [0.05, 0.1) is 45.0 Å². The summed E-state index contributed by atoms with van der Waals surface area (Å²) in [6.07, 6.45) is 4.85. The lowest BCUT2D eigenvalue weighted by molar-refractivity contribution is -0.183. The summed E-state index contributed by atoms with van der Waals surface area (Å²) in [6, 6.07) is 5.60. The molecular weight excluding hydrogens is 336 g/mol. The molecule has 1 saturated heterocycles. The lowest BCUT2D eigenvalue weighted by Gasteiger charge is -2.23. The van der Waals surface area contributed by atoms with Gasteiger partial charge in [0, 0.05) is 6.42 Å². The Balaban J connectivity index is 1.64. The van der Waals surface area contributed by atoms with E-state index in [2.05, 4.69) is 10.1 Å². The van der Waals surface area contributed by atoms with Crippen molar-refractivity contribution in [2.75, 3.05) is 32.7 Å².